The summed E-state index contributed by atoms with van der Waals surface area (Å²) in [5.74, 6) is -2.91. The van der Waals surface area contributed by atoms with Gasteiger partial charge in [0, 0.05) is 13.8 Å². The van der Waals surface area contributed by atoms with Crippen LogP contribution in [0.5, 0.6) is 0 Å². The Kier molecular flexibility index (Phi) is 4.48. The van der Waals surface area contributed by atoms with E-state index in [0.717, 1.165) is 0 Å². The van der Waals surface area contributed by atoms with E-state index in [2.05, 4.69) is 0 Å². The van der Waals surface area contributed by atoms with Crippen LogP contribution in [0.25, 0.3) is 0 Å². The Morgan fingerprint density at radius 2 is 1.65 bits per heavy atom. The molecular weight excluding hydrogens is 228 g/mol. The largest absolute Gasteiger partial charge is 0.481 e. The third kappa shape index (κ3) is 3.72. The molecule has 1 rings (SSSR count). The lowest BCUT2D eigenvalue weighted by Gasteiger charge is -2.34. The fourth-order valence-electron chi connectivity index (χ4n) is 2.08. The topological polar surface area (TPSA) is 89.9 Å². The Morgan fingerprint density at radius 1 is 1.06 bits per heavy atom. The average Bonchev–Trinajstić information content (AvgIpc) is 2.18. The summed E-state index contributed by atoms with van der Waals surface area (Å²) in [6.07, 6.45) is 0.0212. The molecule has 96 valence electrons. The molecular formula is C11H16O6. The van der Waals surface area contributed by atoms with Gasteiger partial charge in [-0.2, -0.15) is 0 Å². The molecule has 3 atom stereocenters. The van der Waals surface area contributed by atoms with Gasteiger partial charge >= 0.3 is 17.9 Å². The fourth-order valence-corrected chi connectivity index (χ4v) is 2.08. The van der Waals surface area contributed by atoms with E-state index in [1.807, 2.05) is 0 Å². The first kappa shape index (κ1) is 13.5. The third-order valence-electron chi connectivity index (χ3n) is 2.70. The minimum absolute atomic E-state index is 0.422. The van der Waals surface area contributed by atoms with Crippen molar-refractivity contribution < 1.29 is 29.0 Å². The van der Waals surface area contributed by atoms with Gasteiger partial charge in [0.1, 0.15) is 6.10 Å². The fraction of sp³-hybridized carbons (Fsp3) is 0.727. The highest BCUT2D eigenvalue weighted by Crippen LogP contribution is 2.29. The SMILES string of the molecule is CC(=O)OC1CCCC(C(=O)O)C1OC(C)=O. The number of carbonyl (C=O) groups is 3. The molecule has 0 radical (unpaired) electrons. The molecule has 0 saturated heterocycles. The molecule has 0 aliphatic heterocycles. The van der Waals surface area contributed by atoms with Gasteiger partial charge in [-0.05, 0) is 19.3 Å². The van der Waals surface area contributed by atoms with Crippen LogP contribution in [-0.4, -0.2) is 35.2 Å². The van der Waals surface area contributed by atoms with E-state index in [1.165, 1.54) is 13.8 Å². The summed E-state index contributed by atoms with van der Waals surface area (Å²) in [6.45, 7) is 2.45. The molecule has 1 aliphatic rings. The van der Waals surface area contributed by atoms with Crippen molar-refractivity contribution in [2.45, 2.75) is 45.3 Å². The number of carbonyl (C=O) groups excluding carboxylic acids is 2. The number of hydrogen-bond donors (Lipinski definition) is 1. The van der Waals surface area contributed by atoms with Crippen LogP contribution in [0, 0.1) is 5.92 Å². The number of rotatable bonds is 3. The summed E-state index contributed by atoms with van der Waals surface area (Å²) < 4.78 is 9.99. The zero-order chi connectivity index (χ0) is 13.0. The van der Waals surface area contributed by atoms with Gasteiger partial charge in [-0.15, -0.1) is 0 Å². The molecule has 1 N–H and O–H groups in total. The van der Waals surface area contributed by atoms with Crippen molar-refractivity contribution >= 4 is 17.9 Å². The molecule has 1 saturated carbocycles. The molecule has 17 heavy (non-hydrogen) atoms. The van der Waals surface area contributed by atoms with Crippen molar-refractivity contribution in [2.75, 3.05) is 0 Å². The molecule has 0 aromatic carbocycles. The maximum atomic E-state index is 11.0. The second kappa shape index (κ2) is 5.65. The second-order valence-corrected chi connectivity index (χ2v) is 4.10. The Hall–Kier alpha value is -1.59. The van der Waals surface area contributed by atoms with E-state index in [1.54, 1.807) is 0 Å². The quantitative estimate of drug-likeness (QED) is 0.736. The van der Waals surface area contributed by atoms with Gasteiger partial charge in [0.25, 0.3) is 0 Å². The standard InChI is InChI=1S/C11H16O6/c1-6(12)16-9-5-3-4-8(11(14)15)10(9)17-7(2)13/h8-10H,3-5H2,1-2H3,(H,14,15). The zero-order valence-electron chi connectivity index (χ0n) is 9.84. The van der Waals surface area contributed by atoms with Crippen LogP contribution in [0.3, 0.4) is 0 Å². The highest BCUT2D eigenvalue weighted by molar-refractivity contribution is 5.73. The summed E-state index contributed by atoms with van der Waals surface area (Å²) in [5.41, 5.74) is 0. The first-order valence-corrected chi connectivity index (χ1v) is 5.49. The molecule has 0 amide bonds. The number of aliphatic carboxylic acids is 1. The number of ether oxygens (including phenoxy) is 2. The molecule has 0 aromatic heterocycles. The number of carboxylic acids is 1. The molecule has 3 unspecified atom stereocenters. The Labute approximate surface area is 98.9 Å². The summed E-state index contributed by atoms with van der Waals surface area (Å²) >= 11 is 0. The maximum absolute atomic E-state index is 11.0. The first-order chi connectivity index (χ1) is 7.91. The third-order valence-corrected chi connectivity index (χ3v) is 2.70. The van der Waals surface area contributed by atoms with Crippen molar-refractivity contribution in [3.63, 3.8) is 0 Å². The number of esters is 2. The van der Waals surface area contributed by atoms with Crippen LogP contribution in [0.1, 0.15) is 33.1 Å². The lowest BCUT2D eigenvalue weighted by molar-refractivity contribution is -0.180. The van der Waals surface area contributed by atoms with Crippen molar-refractivity contribution in [2.24, 2.45) is 5.92 Å². The monoisotopic (exact) mass is 244 g/mol. The van der Waals surface area contributed by atoms with Gasteiger partial charge in [-0.25, -0.2) is 0 Å². The van der Waals surface area contributed by atoms with Gasteiger partial charge in [0.15, 0.2) is 6.10 Å². The van der Waals surface area contributed by atoms with E-state index < -0.39 is 36.0 Å². The van der Waals surface area contributed by atoms with Crippen LogP contribution < -0.4 is 0 Å². The van der Waals surface area contributed by atoms with Gasteiger partial charge < -0.3 is 14.6 Å². The van der Waals surface area contributed by atoms with Crippen LogP contribution in [-0.2, 0) is 23.9 Å². The van der Waals surface area contributed by atoms with Crippen LogP contribution in [0.15, 0.2) is 0 Å². The first-order valence-electron chi connectivity index (χ1n) is 5.49. The van der Waals surface area contributed by atoms with Gasteiger partial charge in [0.2, 0.25) is 0 Å². The minimum Gasteiger partial charge on any atom is -0.481 e. The smallest absolute Gasteiger partial charge is 0.310 e. The van der Waals surface area contributed by atoms with Crippen molar-refractivity contribution in [1.82, 2.24) is 0 Å². The van der Waals surface area contributed by atoms with Crippen LogP contribution >= 0.6 is 0 Å². The second-order valence-electron chi connectivity index (χ2n) is 4.10. The zero-order valence-corrected chi connectivity index (χ0v) is 9.84. The van der Waals surface area contributed by atoms with Gasteiger partial charge in [-0.3, -0.25) is 14.4 Å². The molecule has 6 nitrogen and oxygen atoms in total. The van der Waals surface area contributed by atoms with Crippen LogP contribution in [0.4, 0.5) is 0 Å². The molecule has 0 heterocycles. The van der Waals surface area contributed by atoms with Crippen molar-refractivity contribution in [1.29, 1.82) is 0 Å². The van der Waals surface area contributed by atoms with E-state index in [4.69, 9.17) is 14.6 Å². The summed E-state index contributed by atoms with van der Waals surface area (Å²) in [4.78, 5) is 32.9. The Morgan fingerprint density at radius 3 is 2.12 bits per heavy atom. The Balaban J connectivity index is 2.82. The molecule has 0 spiro atoms. The van der Waals surface area contributed by atoms with Gasteiger partial charge in [-0.1, -0.05) is 0 Å². The van der Waals surface area contributed by atoms with Gasteiger partial charge in [0.05, 0.1) is 5.92 Å². The molecule has 1 fully saturated rings. The minimum atomic E-state index is -1.03. The lowest BCUT2D eigenvalue weighted by Crippen LogP contribution is -2.46. The van der Waals surface area contributed by atoms with Crippen molar-refractivity contribution in [3.05, 3.63) is 0 Å². The highest BCUT2D eigenvalue weighted by atomic mass is 16.6. The number of carboxylic acid groups (broad SMARTS) is 1. The summed E-state index contributed by atoms with van der Waals surface area (Å²) in [5, 5.41) is 9.04. The molecule has 6 heteroatoms. The predicted octanol–water partition coefficient (Wildman–Crippen LogP) is 0.734. The Bertz CT molecular complexity index is 324. The van der Waals surface area contributed by atoms with E-state index >= 15 is 0 Å². The lowest BCUT2D eigenvalue weighted by atomic mass is 9.84. The van der Waals surface area contributed by atoms with E-state index in [9.17, 15) is 14.4 Å². The average molecular weight is 244 g/mol. The van der Waals surface area contributed by atoms with Crippen LogP contribution in [0.2, 0.25) is 0 Å². The summed E-state index contributed by atoms with van der Waals surface area (Å²) in [7, 11) is 0. The molecule has 1 aliphatic carbocycles. The van der Waals surface area contributed by atoms with E-state index in [0.29, 0.717) is 19.3 Å². The number of hydrogen-bond acceptors (Lipinski definition) is 5. The summed E-state index contributed by atoms with van der Waals surface area (Å²) in [6, 6.07) is 0. The van der Waals surface area contributed by atoms with E-state index in [-0.39, 0.29) is 0 Å². The molecule has 0 bridgehead atoms. The highest BCUT2D eigenvalue weighted by Gasteiger charge is 2.41. The van der Waals surface area contributed by atoms with Crippen molar-refractivity contribution in [3.8, 4) is 0 Å². The normalized spacial score (nSPS) is 28.2. The maximum Gasteiger partial charge on any atom is 0.310 e. The molecule has 0 aromatic rings. The predicted molar refractivity (Wildman–Crippen MR) is 56.1 cm³/mol.